The van der Waals surface area contributed by atoms with Gasteiger partial charge >= 0.3 is 0 Å². The third-order valence-corrected chi connectivity index (χ3v) is 3.10. The summed E-state index contributed by atoms with van der Waals surface area (Å²) in [5.41, 5.74) is 1.32. The fraction of sp³-hybridized carbons (Fsp3) is 0. The summed E-state index contributed by atoms with van der Waals surface area (Å²) in [6.45, 7) is 3.78. The van der Waals surface area contributed by atoms with Crippen LogP contribution in [0.15, 0.2) is 60.8 Å². The molecule has 0 spiro atoms. The average Bonchev–Trinajstić information content (AvgIpc) is 2.93. The average molecular weight is 266 g/mol. The molecule has 0 N–H and O–H groups in total. The predicted molar refractivity (Wildman–Crippen MR) is 73.8 cm³/mol. The molecule has 0 fully saturated rings. The molecule has 0 bridgehead atoms. The summed E-state index contributed by atoms with van der Waals surface area (Å²) in [5, 5.41) is 0. The Labute approximate surface area is 115 Å². The van der Waals surface area contributed by atoms with Crippen LogP contribution in [-0.4, -0.2) is 17.7 Å². The first-order valence-electron chi connectivity index (χ1n) is 5.96. The van der Waals surface area contributed by atoms with E-state index in [-0.39, 0.29) is 5.91 Å². The number of benzene rings is 1. The van der Waals surface area contributed by atoms with Gasteiger partial charge in [-0.25, -0.2) is 4.90 Å². The number of carbonyl (C=O) groups excluding carboxylic acids is 3. The highest BCUT2D eigenvalue weighted by atomic mass is 16.2. The fourth-order valence-corrected chi connectivity index (χ4v) is 2.21. The molecule has 0 saturated carbocycles. The largest absolute Gasteiger partial charge is 0.276 e. The summed E-state index contributed by atoms with van der Waals surface area (Å²) in [5.74, 6) is -1.10. The van der Waals surface area contributed by atoms with Crippen molar-refractivity contribution in [3.05, 3.63) is 60.8 Å². The number of allylic oxidation sites excluding steroid dienone is 1. The Bertz CT molecular complexity index is 619. The lowest BCUT2D eigenvalue weighted by Gasteiger charge is -2.24. The van der Waals surface area contributed by atoms with E-state index in [1.54, 1.807) is 30.3 Å². The van der Waals surface area contributed by atoms with Gasteiger partial charge in [0, 0.05) is 23.9 Å². The van der Waals surface area contributed by atoms with Gasteiger partial charge in [-0.05, 0) is 18.2 Å². The maximum atomic E-state index is 11.9. The molecule has 0 aromatic heterocycles. The maximum Gasteiger partial charge on any atom is 0.258 e. The molecular weight excluding hydrogens is 256 g/mol. The third kappa shape index (κ3) is 1.68. The molecule has 0 saturated heterocycles. The summed E-state index contributed by atoms with van der Waals surface area (Å²) >= 11 is 0. The molecule has 1 aromatic carbocycles. The van der Waals surface area contributed by atoms with Crippen LogP contribution in [-0.2, 0) is 14.4 Å². The number of nitrogens with zero attached hydrogens (tertiary/aromatic N) is 2. The topological polar surface area (TPSA) is 57.7 Å². The first-order valence-corrected chi connectivity index (χ1v) is 5.96. The van der Waals surface area contributed by atoms with Crippen LogP contribution in [0.1, 0.15) is 0 Å². The Morgan fingerprint density at radius 3 is 1.65 bits per heavy atom. The first-order chi connectivity index (χ1) is 9.59. The SMILES string of the molecule is C=C1C=CC(=O)N1c1ccccc1N1C(=O)C=CC1=O. The van der Waals surface area contributed by atoms with Gasteiger partial charge in [-0.1, -0.05) is 18.7 Å². The maximum absolute atomic E-state index is 11.9. The smallest absolute Gasteiger partial charge is 0.258 e. The molecule has 20 heavy (non-hydrogen) atoms. The van der Waals surface area contributed by atoms with E-state index < -0.39 is 11.8 Å². The molecule has 1 aromatic rings. The highest BCUT2D eigenvalue weighted by molar-refractivity contribution is 6.29. The molecule has 2 heterocycles. The van der Waals surface area contributed by atoms with Gasteiger partial charge in [0.1, 0.15) is 0 Å². The summed E-state index contributed by atoms with van der Waals surface area (Å²) in [7, 11) is 0. The number of imide groups is 1. The van der Waals surface area contributed by atoms with Gasteiger partial charge in [-0.3, -0.25) is 19.3 Å². The van der Waals surface area contributed by atoms with Crippen molar-refractivity contribution >= 4 is 29.1 Å². The molecule has 2 aliphatic heterocycles. The number of hydrogen-bond acceptors (Lipinski definition) is 3. The van der Waals surface area contributed by atoms with E-state index in [0.717, 1.165) is 4.90 Å². The minimum Gasteiger partial charge on any atom is -0.276 e. The van der Waals surface area contributed by atoms with Crippen LogP contribution in [0.3, 0.4) is 0 Å². The number of amides is 3. The van der Waals surface area contributed by atoms with Crippen LogP contribution in [0.2, 0.25) is 0 Å². The Hall–Kier alpha value is -2.95. The second-order valence-corrected chi connectivity index (χ2v) is 4.33. The van der Waals surface area contributed by atoms with E-state index in [4.69, 9.17) is 0 Å². The molecule has 0 radical (unpaired) electrons. The van der Waals surface area contributed by atoms with Crippen molar-refractivity contribution < 1.29 is 14.4 Å². The van der Waals surface area contributed by atoms with Gasteiger partial charge in [0.25, 0.3) is 17.7 Å². The summed E-state index contributed by atoms with van der Waals surface area (Å²) in [4.78, 5) is 37.9. The number of anilines is 2. The van der Waals surface area contributed by atoms with Crippen molar-refractivity contribution in [2.24, 2.45) is 0 Å². The highest BCUT2D eigenvalue weighted by Crippen LogP contribution is 2.35. The lowest BCUT2D eigenvalue weighted by atomic mass is 10.2. The van der Waals surface area contributed by atoms with E-state index in [1.165, 1.54) is 23.1 Å². The normalized spacial score (nSPS) is 17.8. The standard InChI is InChI=1S/C15H10N2O3/c1-10-6-7-13(18)16(10)11-4-2-3-5-12(11)17-14(19)8-9-15(17)20/h2-9H,1H2. The second-order valence-electron chi connectivity index (χ2n) is 4.33. The zero-order valence-electron chi connectivity index (χ0n) is 10.4. The van der Waals surface area contributed by atoms with E-state index in [2.05, 4.69) is 6.58 Å². The van der Waals surface area contributed by atoms with Crippen molar-refractivity contribution in [2.75, 3.05) is 9.80 Å². The Morgan fingerprint density at radius 1 is 0.700 bits per heavy atom. The lowest BCUT2D eigenvalue weighted by molar-refractivity contribution is -0.120. The molecular formula is C15H10N2O3. The van der Waals surface area contributed by atoms with Crippen LogP contribution in [0, 0.1) is 0 Å². The molecule has 0 aliphatic carbocycles. The Balaban J connectivity index is 2.10. The zero-order valence-corrected chi connectivity index (χ0v) is 10.4. The number of hydrogen-bond donors (Lipinski definition) is 0. The van der Waals surface area contributed by atoms with E-state index >= 15 is 0 Å². The van der Waals surface area contributed by atoms with Crippen molar-refractivity contribution in [3.63, 3.8) is 0 Å². The Morgan fingerprint density at radius 2 is 1.15 bits per heavy atom. The summed E-state index contributed by atoms with van der Waals surface area (Å²) in [6, 6.07) is 6.73. The minimum absolute atomic E-state index is 0.255. The van der Waals surface area contributed by atoms with Crippen LogP contribution in [0.25, 0.3) is 0 Å². The van der Waals surface area contributed by atoms with Crippen molar-refractivity contribution in [2.45, 2.75) is 0 Å². The van der Waals surface area contributed by atoms with Gasteiger partial charge in [-0.15, -0.1) is 0 Å². The molecule has 3 rings (SSSR count). The van der Waals surface area contributed by atoms with Crippen LogP contribution < -0.4 is 9.80 Å². The molecule has 98 valence electrons. The Kier molecular flexibility index (Phi) is 2.61. The fourth-order valence-electron chi connectivity index (χ4n) is 2.21. The van der Waals surface area contributed by atoms with Crippen molar-refractivity contribution in [1.29, 1.82) is 0 Å². The minimum atomic E-state index is -0.423. The van der Waals surface area contributed by atoms with Crippen LogP contribution in [0.4, 0.5) is 11.4 Å². The van der Waals surface area contributed by atoms with Crippen molar-refractivity contribution in [1.82, 2.24) is 0 Å². The third-order valence-electron chi connectivity index (χ3n) is 3.10. The van der Waals surface area contributed by atoms with Crippen LogP contribution in [0.5, 0.6) is 0 Å². The number of rotatable bonds is 2. The molecule has 3 amide bonds. The van der Waals surface area contributed by atoms with Gasteiger partial charge < -0.3 is 0 Å². The second kappa shape index (κ2) is 4.31. The first kappa shape index (κ1) is 12.1. The number of para-hydroxylation sites is 2. The lowest BCUT2D eigenvalue weighted by Crippen LogP contribution is -2.32. The summed E-state index contributed by atoms with van der Waals surface area (Å²) in [6.07, 6.45) is 5.39. The molecule has 0 unspecified atom stereocenters. The van der Waals surface area contributed by atoms with E-state index in [1.807, 2.05) is 0 Å². The van der Waals surface area contributed by atoms with E-state index in [9.17, 15) is 14.4 Å². The van der Waals surface area contributed by atoms with E-state index in [0.29, 0.717) is 17.1 Å². The molecule has 2 aliphatic rings. The van der Waals surface area contributed by atoms with Gasteiger partial charge in [-0.2, -0.15) is 0 Å². The highest BCUT2D eigenvalue weighted by Gasteiger charge is 2.31. The molecule has 0 atom stereocenters. The number of carbonyl (C=O) groups is 3. The van der Waals surface area contributed by atoms with Crippen molar-refractivity contribution in [3.8, 4) is 0 Å². The monoisotopic (exact) mass is 266 g/mol. The quantitative estimate of drug-likeness (QED) is 0.763. The zero-order chi connectivity index (χ0) is 14.3. The van der Waals surface area contributed by atoms with Gasteiger partial charge in [0.05, 0.1) is 11.4 Å². The molecule has 5 nitrogen and oxygen atoms in total. The van der Waals surface area contributed by atoms with Gasteiger partial charge in [0.15, 0.2) is 0 Å². The van der Waals surface area contributed by atoms with Gasteiger partial charge in [0.2, 0.25) is 0 Å². The predicted octanol–water partition coefficient (Wildman–Crippen LogP) is 1.53. The summed E-state index contributed by atoms with van der Waals surface area (Å²) < 4.78 is 0. The van der Waals surface area contributed by atoms with Crippen LogP contribution >= 0.6 is 0 Å². The molecule has 5 heteroatoms.